The maximum atomic E-state index is 13.3. The van der Waals surface area contributed by atoms with Crippen LogP contribution in [0.15, 0.2) is 46.9 Å². The average Bonchev–Trinajstić information content (AvgIpc) is 3.39. The summed E-state index contributed by atoms with van der Waals surface area (Å²) in [6, 6.07) is 13.4. The predicted octanol–water partition coefficient (Wildman–Crippen LogP) is 3.33. The Morgan fingerprint density at radius 2 is 1.90 bits per heavy atom. The number of nitrogens with one attached hydrogen (secondary N) is 1. The molecule has 1 atom stereocenters. The predicted molar refractivity (Wildman–Crippen MR) is 114 cm³/mol. The Morgan fingerprint density at radius 3 is 2.53 bits per heavy atom. The third-order valence-corrected chi connectivity index (χ3v) is 5.10. The molecule has 1 aliphatic rings. The molecule has 3 rings (SSSR count). The van der Waals surface area contributed by atoms with Crippen LogP contribution in [0.1, 0.15) is 36.8 Å². The number of ether oxygens (including phenoxy) is 1. The van der Waals surface area contributed by atoms with Gasteiger partial charge < -0.3 is 24.3 Å². The second-order valence-electron chi connectivity index (χ2n) is 7.60. The molecule has 162 valence electrons. The van der Waals surface area contributed by atoms with E-state index in [2.05, 4.69) is 5.32 Å². The molecule has 0 bridgehead atoms. The lowest BCUT2D eigenvalue weighted by molar-refractivity contribution is -0.133. The first-order valence-electron chi connectivity index (χ1n) is 10.6. The van der Waals surface area contributed by atoms with E-state index >= 15 is 0 Å². The van der Waals surface area contributed by atoms with Gasteiger partial charge in [-0.05, 0) is 44.4 Å². The number of furan rings is 1. The molecule has 0 spiro atoms. The normalized spacial score (nSPS) is 15.7. The first-order chi connectivity index (χ1) is 14.5. The maximum Gasteiger partial charge on any atom is 0.317 e. The number of carbonyl (C=O) groups is 2. The number of hydrogen-bond acceptors (Lipinski definition) is 4. The SMILES string of the molecule is CCNC(=O)N(CC(=O)N(Cc1ccccc1)Cc1ccc(C)o1)C[C@H]1CCCO1. The summed E-state index contributed by atoms with van der Waals surface area (Å²) >= 11 is 0. The highest BCUT2D eigenvalue weighted by atomic mass is 16.5. The number of aryl methyl sites for hydroxylation is 1. The number of hydrogen-bond donors (Lipinski definition) is 1. The van der Waals surface area contributed by atoms with Crippen LogP contribution in [0.4, 0.5) is 4.79 Å². The number of nitrogens with zero attached hydrogens (tertiary/aromatic N) is 2. The van der Waals surface area contributed by atoms with E-state index in [0.717, 1.165) is 29.9 Å². The lowest BCUT2D eigenvalue weighted by Gasteiger charge is -2.29. The molecule has 30 heavy (non-hydrogen) atoms. The number of rotatable bonds is 9. The average molecular weight is 414 g/mol. The van der Waals surface area contributed by atoms with Crippen LogP contribution in [0.3, 0.4) is 0 Å². The summed E-state index contributed by atoms with van der Waals surface area (Å²) in [4.78, 5) is 29.1. The van der Waals surface area contributed by atoms with Crippen LogP contribution in [-0.2, 0) is 22.6 Å². The monoisotopic (exact) mass is 413 g/mol. The van der Waals surface area contributed by atoms with Crippen LogP contribution in [0.5, 0.6) is 0 Å². The van der Waals surface area contributed by atoms with Gasteiger partial charge in [0.1, 0.15) is 18.1 Å². The van der Waals surface area contributed by atoms with Crippen molar-refractivity contribution in [3.63, 3.8) is 0 Å². The van der Waals surface area contributed by atoms with Crippen molar-refractivity contribution in [2.45, 2.75) is 45.9 Å². The summed E-state index contributed by atoms with van der Waals surface area (Å²) in [5, 5.41) is 2.81. The molecule has 1 fully saturated rings. The molecule has 0 aliphatic carbocycles. The maximum absolute atomic E-state index is 13.3. The van der Waals surface area contributed by atoms with E-state index in [-0.39, 0.29) is 24.6 Å². The molecule has 0 unspecified atom stereocenters. The molecule has 1 aromatic carbocycles. The Balaban J connectivity index is 1.73. The highest BCUT2D eigenvalue weighted by Gasteiger charge is 2.26. The van der Waals surface area contributed by atoms with Crippen molar-refractivity contribution in [3.8, 4) is 0 Å². The van der Waals surface area contributed by atoms with Crippen molar-refractivity contribution in [3.05, 3.63) is 59.5 Å². The second-order valence-corrected chi connectivity index (χ2v) is 7.60. The van der Waals surface area contributed by atoms with E-state index in [4.69, 9.17) is 9.15 Å². The molecule has 2 heterocycles. The zero-order chi connectivity index (χ0) is 21.3. The van der Waals surface area contributed by atoms with Gasteiger partial charge in [0.25, 0.3) is 0 Å². The zero-order valence-corrected chi connectivity index (χ0v) is 17.8. The Kier molecular flexibility index (Phi) is 7.90. The lowest BCUT2D eigenvalue weighted by Crippen LogP contribution is -2.49. The van der Waals surface area contributed by atoms with Gasteiger partial charge >= 0.3 is 6.03 Å². The quantitative estimate of drug-likeness (QED) is 0.684. The largest absolute Gasteiger partial charge is 0.464 e. The van der Waals surface area contributed by atoms with Gasteiger partial charge in [0, 0.05) is 26.2 Å². The third-order valence-electron chi connectivity index (χ3n) is 5.10. The Labute approximate surface area is 178 Å². The number of benzene rings is 1. The molecule has 1 aromatic heterocycles. The number of urea groups is 1. The number of carbonyl (C=O) groups excluding carboxylic acids is 2. The van der Waals surface area contributed by atoms with Gasteiger partial charge in [-0.1, -0.05) is 30.3 Å². The van der Waals surface area contributed by atoms with E-state index in [9.17, 15) is 9.59 Å². The third kappa shape index (κ3) is 6.35. The van der Waals surface area contributed by atoms with Crippen LogP contribution in [0.2, 0.25) is 0 Å². The molecular weight excluding hydrogens is 382 g/mol. The fraction of sp³-hybridized carbons (Fsp3) is 0.478. The Morgan fingerprint density at radius 1 is 1.10 bits per heavy atom. The van der Waals surface area contributed by atoms with Crippen molar-refractivity contribution in [2.24, 2.45) is 0 Å². The smallest absolute Gasteiger partial charge is 0.317 e. The molecule has 1 N–H and O–H groups in total. The fourth-order valence-electron chi connectivity index (χ4n) is 3.57. The molecule has 0 radical (unpaired) electrons. The van der Waals surface area contributed by atoms with Crippen LogP contribution in [-0.4, -0.2) is 54.1 Å². The minimum absolute atomic E-state index is 0.00177. The zero-order valence-electron chi connectivity index (χ0n) is 17.8. The van der Waals surface area contributed by atoms with Crippen LogP contribution in [0.25, 0.3) is 0 Å². The van der Waals surface area contributed by atoms with Gasteiger partial charge in [-0.2, -0.15) is 0 Å². The van der Waals surface area contributed by atoms with Crippen molar-refractivity contribution in [1.29, 1.82) is 0 Å². The summed E-state index contributed by atoms with van der Waals surface area (Å²) in [6.07, 6.45) is 1.87. The van der Waals surface area contributed by atoms with E-state index in [0.29, 0.717) is 32.8 Å². The highest BCUT2D eigenvalue weighted by Crippen LogP contribution is 2.16. The molecular formula is C23H31N3O4. The minimum atomic E-state index is -0.241. The van der Waals surface area contributed by atoms with Gasteiger partial charge in [0.05, 0.1) is 12.6 Å². The molecule has 7 heteroatoms. The summed E-state index contributed by atoms with van der Waals surface area (Å²) in [6.45, 7) is 6.17. The molecule has 1 aliphatic heterocycles. The lowest BCUT2D eigenvalue weighted by atomic mass is 10.2. The second kappa shape index (κ2) is 10.8. The van der Waals surface area contributed by atoms with Crippen molar-refractivity contribution in [2.75, 3.05) is 26.2 Å². The standard InChI is InChI=1S/C23H31N3O4/c1-3-24-23(28)26(15-20-10-7-13-29-20)17-22(27)25(14-19-8-5-4-6-9-19)16-21-12-11-18(2)30-21/h4-6,8-9,11-12,20H,3,7,10,13-17H2,1-2H3,(H,24,28)/t20-/m1/s1. The van der Waals surface area contributed by atoms with Gasteiger partial charge in [-0.25, -0.2) is 4.79 Å². The van der Waals surface area contributed by atoms with Crippen molar-refractivity contribution in [1.82, 2.24) is 15.1 Å². The van der Waals surface area contributed by atoms with Crippen molar-refractivity contribution < 1.29 is 18.7 Å². The molecule has 2 aromatic rings. The van der Waals surface area contributed by atoms with Gasteiger partial charge in [0.2, 0.25) is 5.91 Å². The fourth-order valence-corrected chi connectivity index (χ4v) is 3.57. The van der Waals surface area contributed by atoms with Crippen LogP contribution < -0.4 is 5.32 Å². The van der Waals surface area contributed by atoms with Gasteiger partial charge in [-0.15, -0.1) is 0 Å². The molecule has 1 saturated heterocycles. The van der Waals surface area contributed by atoms with E-state index in [1.807, 2.05) is 56.3 Å². The minimum Gasteiger partial charge on any atom is -0.464 e. The topological polar surface area (TPSA) is 75.0 Å². The molecule has 0 saturated carbocycles. The summed E-state index contributed by atoms with van der Waals surface area (Å²) in [5.41, 5.74) is 1.03. The summed E-state index contributed by atoms with van der Waals surface area (Å²) in [5.74, 6) is 1.40. The first-order valence-corrected chi connectivity index (χ1v) is 10.6. The van der Waals surface area contributed by atoms with Crippen LogP contribution >= 0.6 is 0 Å². The van der Waals surface area contributed by atoms with E-state index in [1.165, 1.54) is 0 Å². The highest BCUT2D eigenvalue weighted by molar-refractivity contribution is 5.84. The van der Waals surface area contributed by atoms with Gasteiger partial charge in [0.15, 0.2) is 0 Å². The summed E-state index contributed by atoms with van der Waals surface area (Å²) < 4.78 is 11.4. The van der Waals surface area contributed by atoms with Crippen molar-refractivity contribution >= 4 is 11.9 Å². The Bertz CT molecular complexity index is 815. The summed E-state index contributed by atoms with van der Waals surface area (Å²) in [7, 11) is 0. The molecule has 3 amide bonds. The first kappa shape index (κ1) is 21.9. The van der Waals surface area contributed by atoms with Gasteiger partial charge in [-0.3, -0.25) is 4.79 Å². The van der Waals surface area contributed by atoms with Crippen LogP contribution in [0, 0.1) is 6.92 Å². The number of amides is 3. The Hall–Kier alpha value is -2.80. The van der Waals surface area contributed by atoms with E-state index in [1.54, 1.807) is 9.80 Å². The molecule has 7 nitrogen and oxygen atoms in total. The van der Waals surface area contributed by atoms with E-state index < -0.39 is 0 Å².